The van der Waals surface area contributed by atoms with Crippen molar-refractivity contribution in [1.29, 1.82) is 0 Å². The first-order valence-electron chi connectivity index (χ1n) is 7.12. The number of hydrogen-bond acceptors (Lipinski definition) is 4. The fourth-order valence-corrected chi connectivity index (χ4v) is 3.91. The van der Waals surface area contributed by atoms with Gasteiger partial charge in [-0.05, 0) is 24.5 Å². The minimum absolute atomic E-state index is 0.0851. The molecule has 1 amide bonds. The van der Waals surface area contributed by atoms with Gasteiger partial charge in [-0.3, -0.25) is 0 Å². The third kappa shape index (κ3) is 3.71. The molecule has 6 nitrogen and oxygen atoms in total. The Morgan fingerprint density at radius 2 is 2.05 bits per heavy atom. The third-order valence-corrected chi connectivity index (χ3v) is 5.39. The first kappa shape index (κ1) is 15.6. The monoisotopic (exact) mass is 344 g/mol. The Morgan fingerprint density at radius 3 is 2.73 bits per heavy atom. The normalized spacial score (nSPS) is 22.0. The minimum atomic E-state index is -3.53. The molecule has 1 aromatic rings. The summed E-state index contributed by atoms with van der Waals surface area (Å²) in [7, 11) is -3.53. The summed E-state index contributed by atoms with van der Waals surface area (Å²) in [6, 6.07) is 7.08. The Balaban J connectivity index is 1.54. The molecule has 1 N–H and O–H groups in total. The van der Waals surface area contributed by atoms with Crippen molar-refractivity contribution in [2.24, 2.45) is 0 Å². The third-order valence-electron chi connectivity index (χ3n) is 3.72. The van der Waals surface area contributed by atoms with Crippen molar-refractivity contribution >= 4 is 27.7 Å². The minimum Gasteiger partial charge on any atom is -0.443 e. The predicted molar refractivity (Wildman–Crippen MR) is 82.1 cm³/mol. The molecule has 2 aliphatic rings. The van der Waals surface area contributed by atoms with Crippen LogP contribution in [0.4, 0.5) is 4.79 Å². The van der Waals surface area contributed by atoms with Gasteiger partial charge >= 0.3 is 6.09 Å². The summed E-state index contributed by atoms with van der Waals surface area (Å²) in [5.41, 5.74) is 0.541. The second-order valence-corrected chi connectivity index (χ2v) is 7.80. The van der Waals surface area contributed by atoms with Crippen LogP contribution in [0, 0.1) is 0 Å². The SMILES string of the molecule is O=C1OC(CNS(=O)(=O)Cc2ccccc2Cl)CN1C1CC1. The number of benzene rings is 1. The lowest BCUT2D eigenvalue weighted by molar-refractivity contribution is 0.133. The number of ether oxygens (including phenoxy) is 1. The number of carbonyl (C=O) groups is 1. The number of sulfonamides is 1. The van der Waals surface area contributed by atoms with Gasteiger partial charge in [-0.25, -0.2) is 17.9 Å². The summed E-state index contributed by atoms with van der Waals surface area (Å²) < 4.78 is 31.9. The average Bonchev–Trinajstić information content (AvgIpc) is 3.23. The quantitative estimate of drug-likeness (QED) is 0.853. The van der Waals surface area contributed by atoms with Crippen molar-refractivity contribution in [2.75, 3.05) is 13.1 Å². The Morgan fingerprint density at radius 1 is 1.32 bits per heavy atom. The molecule has 1 aliphatic heterocycles. The van der Waals surface area contributed by atoms with Crippen molar-refractivity contribution in [3.63, 3.8) is 0 Å². The fraction of sp³-hybridized carbons (Fsp3) is 0.500. The van der Waals surface area contributed by atoms with Crippen LogP contribution in [-0.2, 0) is 20.5 Å². The van der Waals surface area contributed by atoms with Gasteiger partial charge in [-0.1, -0.05) is 29.8 Å². The van der Waals surface area contributed by atoms with Gasteiger partial charge in [-0.15, -0.1) is 0 Å². The summed E-state index contributed by atoms with van der Waals surface area (Å²) in [6.45, 7) is 0.528. The standard InChI is InChI=1S/C14H17ClN2O4S/c15-13-4-2-1-3-10(13)9-22(19,20)16-7-12-8-17(11-5-6-11)14(18)21-12/h1-4,11-12,16H,5-9H2. The maximum atomic E-state index is 12.1. The molecule has 1 unspecified atom stereocenters. The molecule has 0 radical (unpaired) electrons. The molecule has 1 heterocycles. The molecule has 1 saturated carbocycles. The van der Waals surface area contributed by atoms with Crippen LogP contribution < -0.4 is 4.72 Å². The first-order chi connectivity index (χ1) is 10.4. The summed E-state index contributed by atoms with van der Waals surface area (Å²) in [4.78, 5) is 13.3. The van der Waals surface area contributed by atoms with Crippen LogP contribution in [0.3, 0.4) is 0 Å². The number of rotatable bonds is 6. The summed E-state index contributed by atoms with van der Waals surface area (Å²) in [5.74, 6) is -0.195. The molecule has 1 aromatic carbocycles. The zero-order valence-corrected chi connectivity index (χ0v) is 13.4. The van der Waals surface area contributed by atoms with E-state index in [0.717, 1.165) is 12.8 Å². The van der Waals surface area contributed by atoms with Crippen molar-refractivity contribution < 1.29 is 17.9 Å². The Bertz CT molecular complexity index is 675. The van der Waals surface area contributed by atoms with Gasteiger partial charge in [0, 0.05) is 17.6 Å². The van der Waals surface area contributed by atoms with Crippen LogP contribution in [0.1, 0.15) is 18.4 Å². The van der Waals surface area contributed by atoms with E-state index < -0.39 is 16.1 Å². The Hall–Kier alpha value is -1.31. The predicted octanol–water partition coefficient (Wildman–Crippen LogP) is 1.74. The second kappa shape index (κ2) is 6.06. The van der Waals surface area contributed by atoms with Crippen LogP contribution in [0.15, 0.2) is 24.3 Å². The van der Waals surface area contributed by atoms with Crippen molar-refractivity contribution in [1.82, 2.24) is 9.62 Å². The van der Waals surface area contributed by atoms with Crippen LogP contribution in [0.5, 0.6) is 0 Å². The topological polar surface area (TPSA) is 75.7 Å². The number of halogens is 1. The molecule has 3 rings (SSSR count). The summed E-state index contributed by atoms with van der Waals surface area (Å²) in [6.07, 6.45) is 1.21. The highest BCUT2D eigenvalue weighted by atomic mass is 35.5. The number of hydrogen-bond donors (Lipinski definition) is 1. The number of amides is 1. The van der Waals surface area contributed by atoms with E-state index in [4.69, 9.17) is 16.3 Å². The van der Waals surface area contributed by atoms with Crippen molar-refractivity contribution in [3.05, 3.63) is 34.9 Å². The lowest BCUT2D eigenvalue weighted by Gasteiger charge is -2.12. The van der Waals surface area contributed by atoms with Crippen molar-refractivity contribution in [3.8, 4) is 0 Å². The summed E-state index contributed by atoms with van der Waals surface area (Å²) >= 11 is 5.97. The van der Waals surface area contributed by atoms with E-state index in [9.17, 15) is 13.2 Å². The van der Waals surface area contributed by atoms with Gasteiger partial charge in [0.25, 0.3) is 0 Å². The highest BCUT2D eigenvalue weighted by Gasteiger charge is 2.41. The Labute approximate surface area is 134 Å². The number of carbonyl (C=O) groups excluding carboxylic acids is 1. The summed E-state index contributed by atoms with van der Waals surface area (Å²) in [5, 5.41) is 0.417. The van der Waals surface area contributed by atoms with Crippen LogP contribution in [0.2, 0.25) is 5.02 Å². The molecule has 22 heavy (non-hydrogen) atoms. The fourth-order valence-electron chi connectivity index (χ4n) is 2.42. The van der Waals surface area contributed by atoms with Crippen LogP contribution in [-0.4, -0.2) is 44.6 Å². The lowest BCUT2D eigenvalue weighted by Crippen LogP contribution is -2.35. The van der Waals surface area contributed by atoms with E-state index in [-0.39, 0.29) is 24.4 Å². The zero-order valence-electron chi connectivity index (χ0n) is 11.9. The lowest BCUT2D eigenvalue weighted by atomic mass is 10.2. The molecule has 1 atom stereocenters. The highest BCUT2D eigenvalue weighted by Crippen LogP contribution is 2.30. The zero-order chi connectivity index (χ0) is 15.7. The highest BCUT2D eigenvalue weighted by molar-refractivity contribution is 7.88. The largest absolute Gasteiger partial charge is 0.443 e. The van der Waals surface area contributed by atoms with Crippen LogP contribution >= 0.6 is 11.6 Å². The molecule has 0 aromatic heterocycles. The van der Waals surface area contributed by atoms with Gasteiger partial charge < -0.3 is 9.64 Å². The number of cyclic esters (lactones) is 1. The molecule has 8 heteroatoms. The second-order valence-electron chi connectivity index (χ2n) is 5.59. The van der Waals surface area contributed by atoms with E-state index in [1.165, 1.54) is 0 Å². The van der Waals surface area contributed by atoms with Gasteiger partial charge in [0.1, 0.15) is 6.10 Å². The molecule has 1 aliphatic carbocycles. The maximum absolute atomic E-state index is 12.1. The van der Waals surface area contributed by atoms with E-state index >= 15 is 0 Å². The average molecular weight is 345 g/mol. The van der Waals surface area contributed by atoms with Crippen molar-refractivity contribution in [2.45, 2.75) is 30.7 Å². The van der Waals surface area contributed by atoms with Gasteiger partial charge in [0.15, 0.2) is 0 Å². The van der Waals surface area contributed by atoms with E-state index in [2.05, 4.69) is 4.72 Å². The van der Waals surface area contributed by atoms with E-state index in [1.54, 1.807) is 29.2 Å². The van der Waals surface area contributed by atoms with Gasteiger partial charge in [0.2, 0.25) is 10.0 Å². The maximum Gasteiger partial charge on any atom is 0.410 e. The first-order valence-corrected chi connectivity index (χ1v) is 9.15. The smallest absolute Gasteiger partial charge is 0.410 e. The molecule has 0 bridgehead atoms. The molecule has 2 fully saturated rings. The van der Waals surface area contributed by atoms with Gasteiger partial charge in [0.05, 0.1) is 12.3 Å². The van der Waals surface area contributed by atoms with E-state index in [0.29, 0.717) is 17.1 Å². The Kier molecular flexibility index (Phi) is 4.29. The van der Waals surface area contributed by atoms with E-state index in [1.807, 2.05) is 0 Å². The molecule has 1 saturated heterocycles. The molecular weight excluding hydrogens is 328 g/mol. The number of nitrogens with one attached hydrogen (secondary N) is 1. The molecule has 0 spiro atoms. The molecule has 120 valence electrons. The number of nitrogens with zero attached hydrogens (tertiary/aromatic N) is 1. The van der Waals surface area contributed by atoms with Crippen LogP contribution in [0.25, 0.3) is 0 Å². The molecular formula is C14H17ClN2O4S. The van der Waals surface area contributed by atoms with Gasteiger partial charge in [-0.2, -0.15) is 0 Å².